The highest BCUT2D eigenvalue weighted by Crippen LogP contribution is 2.27. The van der Waals surface area contributed by atoms with Gasteiger partial charge in [-0.15, -0.1) is 0 Å². The maximum Gasteiger partial charge on any atom is 0.305 e. The lowest BCUT2D eigenvalue weighted by Crippen LogP contribution is -2.22. The molecule has 7 nitrogen and oxygen atoms in total. The first-order chi connectivity index (χ1) is 15.2. The van der Waals surface area contributed by atoms with Gasteiger partial charge in [-0.3, -0.25) is 19.2 Å². The minimum absolute atomic E-state index is 0.0743. The summed E-state index contributed by atoms with van der Waals surface area (Å²) in [6.45, 7) is 6.61. The number of hydrogen-bond acceptors (Lipinski definition) is 7. The zero-order valence-electron chi connectivity index (χ0n) is 19.6. The standard InChI is InChI=1S/C25H34O7/c1-6-8-9-10-19(7-2)20(23(31-17(3)26)15-16-25(29)30-5)11-12-21-22(28)13-14-24(21)32-18(4)27/h7,11-14,23-24H,6,8-10,15-16H2,1-5H3/b19-7+,20-11-,21-12-/t23-,24+/m1/s1. The maximum absolute atomic E-state index is 12.3. The number of ketones is 1. The Labute approximate surface area is 190 Å². The minimum Gasteiger partial charge on any atom is -0.469 e. The second kappa shape index (κ2) is 14.2. The lowest BCUT2D eigenvalue weighted by atomic mass is 9.91. The van der Waals surface area contributed by atoms with E-state index in [0.717, 1.165) is 31.3 Å². The van der Waals surface area contributed by atoms with Gasteiger partial charge in [-0.1, -0.05) is 38.0 Å². The summed E-state index contributed by atoms with van der Waals surface area (Å²) in [5, 5.41) is 0. The summed E-state index contributed by atoms with van der Waals surface area (Å²) in [4.78, 5) is 47.2. The highest BCUT2D eigenvalue weighted by atomic mass is 16.5. The fourth-order valence-corrected chi connectivity index (χ4v) is 3.42. The molecule has 0 radical (unpaired) electrons. The lowest BCUT2D eigenvalue weighted by Gasteiger charge is -2.23. The van der Waals surface area contributed by atoms with E-state index >= 15 is 0 Å². The van der Waals surface area contributed by atoms with Crippen LogP contribution in [0.5, 0.6) is 0 Å². The molecule has 1 aliphatic rings. The first kappa shape index (κ1) is 27.1. The molecule has 0 N–H and O–H groups in total. The van der Waals surface area contributed by atoms with Crippen LogP contribution in [0.1, 0.15) is 66.2 Å². The van der Waals surface area contributed by atoms with Crippen molar-refractivity contribution in [3.05, 3.63) is 47.1 Å². The molecule has 0 spiro atoms. The molecule has 0 aromatic carbocycles. The molecule has 2 atom stereocenters. The maximum atomic E-state index is 12.3. The van der Waals surface area contributed by atoms with Gasteiger partial charge < -0.3 is 14.2 Å². The Hall–Kier alpha value is -2.96. The molecule has 0 saturated heterocycles. The van der Waals surface area contributed by atoms with E-state index in [1.165, 1.54) is 33.1 Å². The number of carbonyl (C=O) groups is 4. The van der Waals surface area contributed by atoms with Gasteiger partial charge in [0.2, 0.25) is 0 Å². The van der Waals surface area contributed by atoms with Crippen molar-refractivity contribution in [3.8, 4) is 0 Å². The van der Waals surface area contributed by atoms with Crippen molar-refractivity contribution in [1.82, 2.24) is 0 Å². The predicted molar refractivity (Wildman–Crippen MR) is 121 cm³/mol. The van der Waals surface area contributed by atoms with E-state index in [1.54, 1.807) is 12.2 Å². The molecule has 0 aromatic heterocycles. The molecular weight excluding hydrogens is 412 g/mol. The largest absolute Gasteiger partial charge is 0.469 e. The van der Waals surface area contributed by atoms with E-state index in [1.807, 2.05) is 13.0 Å². The molecule has 0 aromatic rings. The van der Waals surface area contributed by atoms with E-state index in [-0.39, 0.29) is 18.6 Å². The summed E-state index contributed by atoms with van der Waals surface area (Å²) in [5.41, 5.74) is 1.99. The van der Waals surface area contributed by atoms with Crippen LogP contribution in [0.25, 0.3) is 0 Å². The van der Waals surface area contributed by atoms with Gasteiger partial charge in [0, 0.05) is 25.8 Å². The summed E-state index contributed by atoms with van der Waals surface area (Å²) in [7, 11) is 1.31. The average molecular weight is 447 g/mol. The molecule has 1 aliphatic carbocycles. The summed E-state index contributed by atoms with van der Waals surface area (Å²) < 4.78 is 15.5. The molecule has 0 heterocycles. The van der Waals surface area contributed by atoms with Crippen molar-refractivity contribution < 1.29 is 33.4 Å². The number of methoxy groups -OCH3 is 1. The van der Waals surface area contributed by atoms with Crippen LogP contribution in [0.2, 0.25) is 0 Å². The second-order valence-electron chi connectivity index (χ2n) is 7.48. The molecule has 0 unspecified atom stereocenters. The normalized spacial score (nSPS) is 18.6. The zero-order chi connectivity index (χ0) is 24.1. The lowest BCUT2D eigenvalue weighted by molar-refractivity contribution is -0.147. The third-order valence-electron chi connectivity index (χ3n) is 5.01. The molecule has 7 heteroatoms. The molecule has 1 rings (SSSR count). The fraction of sp³-hybridized carbons (Fsp3) is 0.520. The van der Waals surface area contributed by atoms with E-state index in [2.05, 4.69) is 6.92 Å². The van der Waals surface area contributed by atoms with Crippen molar-refractivity contribution in [1.29, 1.82) is 0 Å². The summed E-state index contributed by atoms with van der Waals surface area (Å²) >= 11 is 0. The van der Waals surface area contributed by atoms with Crippen molar-refractivity contribution in [3.63, 3.8) is 0 Å². The molecule has 0 aliphatic heterocycles. The number of allylic oxidation sites excluding steroid dienone is 4. The Balaban J connectivity index is 3.37. The van der Waals surface area contributed by atoms with Gasteiger partial charge in [-0.25, -0.2) is 0 Å². The van der Waals surface area contributed by atoms with Gasteiger partial charge >= 0.3 is 17.9 Å². The molecule has 0 amide bonds. The Kier molecular flexibility index (Phi) is 12.0. The first-order valence-corrected chi connectivity index (χ1v) is 10.9. The minimum atomic E-state index is -0.756. The summed E-state index contributed by atoms with van der Waals surface area (Å²) in [5.74, 6) is -1.62. The number of ether oxygens (including phenoxy) is 3. The molecule has 0 fully saturated rings. The van der Waals surface area contributed by atoms with Gasteiger partial charge in [0.05, 0.1) is 7.11 Å². The smallest absolute Gasteiger partial charge is 0.305 e. The predicted octanol–water partition coefficient (Wildman–Crippen LogP) is 4.32. The van der Waals surface area contributed by atoms with E-state index in [9.17, 15) is 19.2 Å². The third-order valence-corrected chi connectivity index (χ3v) is 5.01. The van der Waals surface area contributed by atoms with Gasteiger partial charge in [0.25, 0.3) is 0 Å². The zero-order valence-corrected chi connectivity index (χ0v) is 19.6. The molecule has 32 heavy (non-hydrogen) atoms. The molecule has 0 saturated carbocycles. The SMILES string of the molecule is C/C=C(CCCCC)/C(=C/C=C1/C(=O)C=C[C@@H]1OC(C)=O)[C@@H](CCC(=O)OC)OC(C)=O. The van der Waals surface area contributed by atoms with Crippen LogP contribution in [0.3, 0.4) is 0 Å². The Morgan fingerprint density at radius 2 is 1.84 bits per heavy atom. The van der Waals surface area contributed by atoms with Gasteiger partial charge in [-0.05, 0) is 49.5 Å². The summed E-state index contributed by atoms with van der Waals surface area (Å²) in [6.07, 6.45) is 10.9. The average Bonchev–Trinajstić information content (AvgIpc) is 3.08. The number of unbranched alkanes of at least 4 members (excludes halogenated alkanes) is 2. The highest BCUT2D eigenvalue weighted by Gasteiger charge is 2.26. The number of esters is 3. The van der Waals surface area contributed by atoms with E-state index < -0.39 is 30.1 Å². The number of carbonyl (C=O) groups excluding carboxylic acids is 4. The van der Waals surface area contributed by atoms with Crippen LogP contribution in [0, 0.1) is 0 Å². The third kappa shape index (κ3) is 9.04. The van der Waals surface area contributed by atoms with Crippen molar-refractivity contribution in [2.75, 3.05) is 7.11 Å². The van der Waals surface area contributed by atoms with E-state index in [0.29, 0.717) is 11.1 Å². The van der Waals surface area contributed by atoms with E-state index in [4.69, 9.17) is 14.2 Å². The molecular formula is C25H34O7. The Morgan fingerprint density at radius 3 is 2.41 bits per heavy atom. The highest BCUT2D eigenvalue weighted by molar-refractivity contribution is 6.08. The monoisotopic (exact) mass is 446 g/mol. The van der Waals surface area contributed by atoms with Crippen molar-refractivity contribution in [2.45, 2.75) is 78.4 Å². The van der Waals surface area contributed by atoms with Crippen LogP contribution < -0.4 is 0 Å². The molecule has 0 bridgehead atoms. The first-order valence-electron chi connectivity index (χ1n) is 10.9. The Bertz CT molecular complexity index is 814. The van der Waals surface area contributed by atoms with Crippen LogP contribution >= 0.6 is 0 Å². The van der Waals surface area contributed by atoms with Crippen molar-refractivity contribution in [2.24, 2.45) is 0 Å². The van der Waals surface area contributed by atoms with Crippen LogP contribution in [0.15, 0.2) is 47.1 Å². The molecule has 176 valence electrons. The van der Waals surface area contributed by atoms with Crippen LogP contribution in [0.4, 0.5) is 0 Å². The number of rotatable bonds is 12. The van der Waals surface area contributed by atoms with Gasteiger partial charge in [-0.2, -0.15) is 0 Å². The van der Waals surface area contributed by atoms with Crippen LogP contribution in [-0.2, 0) is 33.4 Å². The second-order valence-corrected chi connectivity index (χ2v) is 7.48. The fourth-order valence-electron chi connectivity index (χ4n) is 3.42. The number of hydrogen-bond donors (Lipinski definition) is 0. The Morgan fingerprint density at radius 1 is 1.12 bits per heavy atom. The van der Waals surface area contributed by atoms with Crippen molar-refractivity contribution >= 4 is 23.7 Å². The summed E-state index contributed by atoms with van der Waals surface area (Å²) in [6, 6.07) is 0. The van der Waals surface area contributed by atoms with Gasteiger partial charge in [0.1, 0.15) is 12.2 Å². The van der Waals surface area contributed by atoms with Crippen LogP contribution in [-0.4, -0.2) is 43.0 Å². The quantitative estimate of drug-likeness (QED) is 0.145. The topological polar surface area (TPSA) is 96.0 Å². The van der Waals surface area contributed by atoms with Gasteiger partial charge in [0.15, 0.2) is 5.78 Å².